The van der Waals surface area contributed by atoms with Crippen molar-refractivity contribution in [2.45, 2.75) is 0 Å². The third-order valence-corrected chi connectivity index (χ3v) is 5.88. The number of aromatic nitrogens is 1. The Morgan fingerprint density at radius 2 is 1.90 bits per heavy atom. The minimum atomic E-state index is -0.276. The van der Waals surface area contributed by atoms with Crippen molar-refractivity contribution in [3.8, 4) is 16.3 Å². The summed E-state index contributed by atoms with van der Waals surface area (Å²) in [5, 5.41) is 3.78. The zero-order valence-electron chi connectivity index (χ0n) is 15.9. The molecule has 30 heavy (non-hydrogen) atoms. The molecule has 0 fully saturated rings. The summed E-state index contributed by atoms with van der Waals surface area (Å²) in [6, 6.07) is 22.8. The first-order valence-electron chi connectivity index (χ1n) is 9.45. The summed E-state index contributed by atoms with van der Waals surface area (Å²) in [5.74, 6) is 0.0799. The zero-order valence-corrected chi connectivity index (χ0v) is 16.7. The first-order chi connectivity index (χ1) is 14.7. The van der Waals surface area contributed by atoms with Gasteiger partial charge in [0, 0.05) is 11.3 Å². The second-order valence-electron chi connectivity index (χ2n) is 6.85. The fourth-order valence-electron chi connectivity index (χ4n) is 3.40. The largest absolute Gasteiger partial charge is 0.482 e. The van der Waals surface area contributed by atoms with E-state index in [2.05, 4.69) is 10.3 Å². The van der Waals surface area contributed by atoms with Gasteiger partial charge in [-0.3, -0.25) is 14.5 Å². The van der Waals surface area contributed by atoms with Crippen molar-refractivity contribution in [2.24, 2.45) is 0 Å². The van der Waals surface area contributed by atoms with Crippen LogP contribution in [0.5, 0.6) is 5.75 Å². The Bertz CT molecular complexity index is 1230. The zero-order chi connectivity index (χ0) is 20.5. The van der Waals surface area contributed by atoms with Crippen LogP contribution in [-0.2, 0) is 9.59 Å². The number of nitrogens with zero attached hydrogens (tertiary/aromatic N) is 2. The first-order valence-corrected chi connectivity index (χ1v) is 10.3. The van der Waals surface area contributed by atoms with Gasteiger partial charge in [-0.05, 0) is 36.4 Å². The molecule has 148 valence electrons. The van der Waals surface area contributed by atoms with Crippen molar-refractivity contribution >= 4 is 44.7 Å². The van der Waals surface area contributed by atoms with Crippen LogP contribution in [0.4, 0.5) is 11.4 Å². The van der Waals surface area contributed by atoms with Crippen molar-refractivity contribution in [1.29, 1.82) is 0 Å². The molecule has 2 amide bonds. The summed E-state index contributed by atoms with van der Waals surface area (Å²) in [4.78, 5) is 31.1. The summed E-state index contributed by atoms with van der Waals surface area (Å²) in [6.07, 6.45) is 0. The van der Waals surface area contributed by atoms with Crippen LogP contribution in [-0.4, -0.2) is 29.9 Å². The van der Waals surface area contributed by atoms with Gasteiger partial charge in [0.15, 0.2) is 6.61 Å². The highest BCUT2D eigenvalue weighted by atomic mass is 32.1. The van der Waals surface area contributed by atoms with Crippen molar-refractivity contribution in [2.75, 3.05) is 23.4 Å². The molecule has 0 saturated heterocycles. The molecule has 1 aromatic heterocycles. The van der Waals surface area contributed by atoms with Crippen molar-refractivity contribution in [3.63, 3.8) is 0 Å². The molecule has 2 heterocycles. The number of carbonyl (C=O) groups excluding carboxylic acids is 2. The van der Waals surface area contributed by atoms with Gasteiger partial charge >= 0.3 is 0 Å². The Morgan fingerprint density at radius 1 is 1.07 bits per heavy atom. The Kier molecular flexibility index (Phi) is 4.65. The summed E-state index contributed by atoms with van der Waals surface area (Å²) >= 11 is 1.61. The van der Waals surface area contributed by atoms with Crippen LogP contribution in [0.3, 0.4) is 0 Å². The molecule has 7 heteroatoms. The number of hydrogen-bond acceptors (Lipinski definition) is 5. The first kappa shape index (κ1) is 18.3. The number of para-hydroxylation sites is 3. The van der Waals surface area contributed by atoms with E-state index < -0.39 is 0 Å². The summed E-state index contributed by atoms with van der Waals surface area (Å²) < 4.78 is 6.54. The van der Waals surface area contributed by atoms with E-state index in [-0.39, 0.29) is 25.0 Å². The number of thiazole rings is 1. The average molecular weight is 415 g/mol. The molecule has 0 atom stereocenters. The van der Waals surface area contributed by atoms with E-state index in [9.17, 15) is 9.59 Å². The van der Waals surface area contributed by atoms with Gasteiger partial charge in [0.1, 0.15) is 17.3 Å². The van der Waals surface area contributed by atoms with E-state index in [1.165, 1.54) is 4.90 Å². The second-order valence-corrected chi connectivity index (χ2v) is 7.88. The number of ether oxygens (including phenoxy) is 1. The molecular weight excluding hydrogens is 398 g/mol. The van der Waals surface area contributed by atoms with Crippen LogP contribution < -0.4 is 15.0 Å². The maximum atomic E-state index is 12.7. The fraction of sp³-hybridized carbons (Fsp3) is 0.0870. The Hall–Kier alpha value is -3.71. The number of nitrogens with one attached hydrogen (secondary N) is 1. The quantitative estimate of drug-likeness (QED) is 0.539. The standard InChI is InChI=1S/C23H17N3O3S/c27-21(13-26-18-9-2-3-10-19(18)29-14-22(26)28)24-16-7-5-6-15(12-16)23-25-17-8-1-4-11-20(17)30-23/h1-12H,13-14H2,(H,24,27). The van der Waals surface area contributed by atoms with Gasteiger partial charge in [-0.1, -0.05) is 36.4 Å². The van der Waals surface area contributed by atoms with Crippen LogP contribution in [0.25, 0.3) is 20.8 Å². The molecule has 0 spiro atoms. The van der Waals surface area contributed by atoms with Crippen LogP contribution >= 0.6 is 11.3 Å². The molecular formula is C23H17N3O3S. The number of rotatable bonds is 4. The minimum absolute atomic E-state index is 0.0720. The lowest BCUT2D eigenvalue weighted by molar-refractivity contribution is -0.123. The SMILES string of the molecule is O=C(CN1C(=O)COc2ccccc21)Nc1cccc(-c2nc3ccccc3s2)c1. The molecule has 4 aromatic rings. The molecule has 1 N–H and O–H groups in total. The highest BCUT2D eigenvalue weighted by Gasteiger charge is 2.27. The van der Waals surface area contributed by atoms with Crippen LogP contribution in [0.15, 0.2) is 72.8 Å². The second kappa shape index (κ2) is 7.61. The predicted molar refractivity (Wildman–Crippen MR) is 118 cm³/mol. The molecule has 1 aliphatic rings. The lowest BCUT2D eigenvalue weighted by Crippen LogP contribution is -2.43. The van der Waals surface area contributed by atoms with E-state index in [1.807, 2.05) is 60.7 Å². The summed E-state index contributed by atoms with van der Waals surface area (Å²) in [5.41, 5.74) is 3.15. The molecule has 0 bridgehead atoms. The van der Waals surface area contributed by atoms with E-state index in [0.29, 0.717) is 17.1 Å². The van der Waals surface area contributed by atoms with Crippen LogP contribution in [0.1, 0.15) is 0 Å². The van der Waals surface area contributed by atoms with Crippen LogP contribution in [0, 0.1) is 0 Å². The predicted octanol–water partition coefficient (Wildman–Crippen LogP) is 4.33. The van der Waals surface area contributed by atoms with Crippen LogP contribution in [0.2, 0.25) is 0 Å². The van der Waals surface area contributed by atoms with Gasteiger partial charge in [0.2, 0.25) is 5.91 Å². The van der Waals surface area contributed by atoms with Gasteiger partial charge < -0.3 is 10.1 Å². The molecule has 0 saturated carbocycles. The number of amides is 2. The Morgan fingerprint density at radius 3 is 2.80 bits per heavy atom. The maximum absolute atomic E-state index is 12.7. The number of anilines is 2. The Balaban J connectivity index is 1.34. The normalized spacial score (nSPS) is 13.1. The minimum Gasteiger partial charge on any atom is -0.482 e. The average Bonchev–Trinajstić information content (AvgIpc) is 3.20. The number of benzene rings is 3. The number of carbonyl (C=O) groups is 2. The molecule has 0 unspecified atom stereocenters. The van der Waals surface area contributed by atoms with E-state index in [0.717, 1.165) is 20.8 Å². The van der Waals surface area contributed by atoms with Gasteiger partial charge in [-0.2, -0.15) is 0 Å². The third kappa shape index (κ3) is 3.51. The molecule has 0 aliphatic carbocycles. The van der Waals surface area contributed by atoms with Gasteiger partial charge in [-0.15, -0.1) is 11.3 Å². The van der Waals surface area contributed by atoms with Crippen molar-refractivity contribution in [3.05, 3.63) is 72.8 Å². The molecule has 3 aromatic carbocycles. The summed E-state index contributed by atoms with van der Waals surface area (Å²) in [6.45, 7) is -0.151. The highest BCUT2D eigenvalue weighted by Crippen LogP contribution is 2.32. The molecule has 0 radical (unpaired) electrons. The molecule has 6 nitrogen and oxygen atoms in total. The third-order valence-electron chi connectivity index (χ3n) is 4.80. The van der Waals surface area contributed by atoms with Gasteiger partial charge in [0.05, 0.1) is 15.9 Å². The Labute approximate surface area is 176 Å². The fourth-order valence-corrected chi connectivity index (χ4v) is 4.36. The summed E-state index contributed by atoms with van der Waals surface area (Å²) in [7, 11) is 0. The van der Waals surface area contributed by atoms with Crippen molar-refractivity contribution < 1.29 is 14.3 Å². The highest BCUT2D eigenvalue weighted by molar-refractivity contribution is 7.21. The molecule has 1 aliphatic heterocycles. The lowest BCUT2D eigenvalue weighted by Gasteiger charge is -2.28. The van der Waals surface area contributed by atoms with E-state index in [1.54, 1.807) is 23.5 Å². The number of fused-ring (bicyclic) bond motifs is 2. The van der Waals surface area contributed by atoms with Crippen molar-refractivity contribution in [1.82, 2.24) is 4.98 Å². The smallest absolute Gasteiger partial charge is 0.265 e. The lowest BCUT2D eigenvalue weighted by atomic mass is 10.2. The van der Waals surface area contributed by atoms with E-state index >= 15 is 0 Å². The maximum Gasteiger partial charge on any atom is 0.265 e. The van der Waals surface area contributed by atoms with Gasteiger partial charge in [0.25, 0.3) is 5.91 Å². The number of hydrogen-bond donors (Lipinski definition) is 1. The monoisotopic (exact) mass is 415 g/mol. The van der Waals surface area contributed by atoms with Gasteiger partial charge in [-0.25, -0.2) is 4.98 Å². The van der Waals surface area contributed by atoms with E-state index in [4.69, 9.17) is 4.74 Å². The molecule has 5 rings (SSSR count). The topological polar surface area (TPSA) is 71.5 Å².